The Hall–Kier alpha value is 0.210. The number of rotatable bonds is 7. The van der Waals surface area contributed by atoms with Crippen molar-refractivity contribution in [3.05, 3.63) is 0 Å². The molecular formula is C11H23ClO2. The summed E-state index contributed by atoms with van der Waals surface area (Å²) in [5.41, 5.74) is -0.0586. The van der Waals surface area contributed by atoms with E-state index in [9.17, 15) is 5.11 Å². The molecule has 2 atom stereocenters. The van der Waals surface area contributed by atoms with Gasteiger partial charge >= 0.3 is 0 Å². The number of hydrogen-bond donors (Lipinski definition) is 1. The smallest absolute Gasteiger partial charge is 0.138 e. The molecule has 0 aromatic carbocycles. The van der Waals surface area contributed by atoms with E-state index in [4.69, 9.17) is 16.3 Å². The molecule has 2 unspecified atom stereocenters. The Bertz CT molecular complexity index is 154. The van der Waals surface area contributed by atoms with Gasteiger partial charge in [-0.3, -0.25) is 0 Å². The van der Waals surface area contributed by atoms with Crippen LogP contribution in [0, 0.1) is 0 Å². The lowest BCUT2D eigenvalue weighted by molar-refractivity contribution is -0.0543. The lowest BCUT2D eigenvalue weighted by Gasteiger charge is -2.29. The summed E-state index contributed by atoms with van der Waals surface area (Å²) in [6.45, 7) is 8.48. The Morgan fingerprint density at radius 1 is 1.21 bits per heavy atom. The third-order valence-corrected chi connectivity index (χ3v) is 2.72. The molecule has 0 rings (SSSR count). The van der Waals surface area contributed by atoms with E-state index in [0.717, 1.165) is 19.3 Å². The number of halogens is 1. The standard InChI is InChI=1S/C11H23ClO2/c1-5-7-10(3,6-2)14-9-8-11(4,12)13/h13H,5-9H2,1-4H3. The van der Waals surface area contributed by atoms with Crippen molar-refractivity contribution in [3.8, 4) is 0 Å². The Morgan fingerprint density at radius 2 is 1.79 bits per heavy atom. The number of hydrogen-bond acceptors (Lipinski definition) is 2. The quantitative estimate of drug-likeness (QED) is 0.670. The van der Waals surface area contributed by atoms with Gasteiger partial charge in [0, 0.05) is 6.42 Å². The average molecular weight is 223 g/mol. The van der Waals surface area contributed by atoms with Crippen LogP contribution >= 0.6 is 11.6 Å². The van der Waals surface area contributed by atoms with E-state index >= 15 is 0 Å². The zero-order valence-electron chi connectivity index (χ0n) is 9.77. The number of alkyl halides is 1. The minimum absolute atomic E-state index is 0.0586. The molecule has 0 heterocycles. The van der Waals surface area contributed by atoms with Crippen molar-refractivity contribution in [2.45, 2.75) is 64.0 Å². The summed E-state index contributed by atoms with van der Waals surface area (Å²) in [4.78, 5) is 0. The van der Waals surface area contributed by atoms with Gasteiger partial charge in [0.2, 0.25) is 0 Å². The van der Waals surface area contributed by atoms with Gasteiger partial charge in [0.25, 0.3) is 0 Å². The molecule has 0 saturated carbocycles. The minimum atomic E-state index is -1.14. The van der Waals surface area contributed by atoms with E-state index < -0.39 is 5.06 Å². The first-order chi connectivity index (χ1) is 6.33. The second-order valence-corrected chi connectivity index (χ2v) is 5.11. The SMILES string of the molecule is CCCC(C)(CC)OCCC(C)(O)Cl. The van der Waals surface area contributed by atoms with Gasteiger partial charge in [-0.1, -0.05) is 31.9 Å². The van der Waals surface area contributed by atoms with Crippen LogP contribution in [0.15, 0.2) is 0 Å². The van der Waals surface area contributed by atoms with Crippen LogP contribution in [-0.4, -0.2) is 22.4 Å². The highest BCUT2D eigenvalue weighted by Gasteiger charge is 2.23. The third-order valence-electron chi connectivity index (χ3n) is 2.54. The van der Waals surface area contributed by atoms with Gasteiger partial charge in [-0.2, -0.15) is 0 Å². The van der Waals surface area contributed by atoms with Crippen LogP contribution in [0.4, 0.5) is 0 Å². The molecule has 0 fully saturated rings. The van der Waals surface area contributed by atoms with Crippen LogP contribution in [0.1, 0.15) is 53.4 Å². The molecular weight excluding hydrogens is 200 g/mol. The van der Waals surface area contributed by atoms with Crippen molar-refractivity contribution in [3.63, 3.8) is 0 Å². The van der Waals surface area contributed by atoms with Crippen LogP contribution in [0.25, 0.3) is 0 Å². The largest absolute Gasteiger partial charge is 0.375 e. The molecule has 14 heavy (non-hydrogen) atoms. The normalized spacial score (nSPS) is 20.1. The van der Waals surface area contributed by atoms with E-state index in [0.29, 0.717) is 13.0 Å². The summed E-state index contributed by atoms with van der Waals surface area (Å²) < 4.78 is 5.75. The van der Waals surface area contributed by atoms with Gasteiger partial charge in [0.15, 0.2) is 0 Å². The Kier molecular flexibility index (Phi) is 6.03. The van der Waals surface area contributed by atoms with Crippen LogP contribution in [0.2, 0.25) is 0 Å². The van der Waals surface area contributed by atoms with Gasteiger partial charge in [-0.05, 0) is 26.7 Å². The minimum Gasteiger partial charge on any atom is -0.375 e. The molecule has 0 spiro atoms. The number of ether oxygens (including phenoxy) is 1. The maximum Gasteiger partial charge on any atom is 0.138 e. The molecule has 0 aliphatic rings. The van der Waals surface area contributed by atoms with Crippen LogP contribution < -0.4 is 0 Å². The lowest BCUT2D eigenvalue weighted by atomic mass is 9.97. The molecule has 0 bridgehead atoms. The fraction of sp³-hybridized carbons (Fsp3) is 1.00. The molecule has 2 nitrogen and oxygen atoms in total. The molecule has 0 aliphatic carbocycles. The topological polar surface area (TPSA) is 29.5 Å². The summed E-state index contributed by atoms with van der Waals surface area (Å²) in [5, 5.41) is 8.16. The van der Waals surface area contributed by atoms with E-state index in [1.807, 2.05) is 0 Å². The Morgan fingerprint density at radius 3 is 2.14 bits per heavy atom. The molecule has 0 amide bonds. The summed E-state index contributed by atoms with van der Waals surface area (Å²) >= 11 is 5.66. The van der Waals surface area contributed by atoms with Gasteiger partial charge in [-0.25, -0.2) is 0 Å². The highest BCUT2D eigenvalue weighted by Crippen LogP contribution is 2.23. The fourth-order valence-electron chi connectivity index (χ4n) is 1.36. The molecule has 86 valence electrons. The van der Waals surface area contributed by atoms with Crippen molar-refractivity contribution < 1.29 is 9.84 Å². The first-order valence-electron chi connectivity index (χ1n) is 5.38. The van der Waals surface area contributed by atoms with Gasteiger partial charge in [-0.15, -0.1) is 0 Å². The monoisotopic (exact) mass is 222 g/mol. The molecule has 1 N–H and O–H groups in total. The van der Waals surface area contributed by atoms with Crippen molar-refractivity contribution >= 4 is 11.6 Å². The fourth-order valence-corrected chi connectivity index (χ4v) is 1.44. The maximum atomic E-state index is 9.30. The van der Waals surface area contributed by atoms with Crippen molar-refractivity contribution in [1.82, 2.24) is 0 Å². The van der Waals surface area contributed by atoms with E-state index in [2.05, 4.69) is 20.8 Å². The summed E-state index contributed by atoms with van der Waals surface area (Å²) in [5.74, 6) is 0. The molecule has 0 saturated heterocycles. The summed E-state index contributed by atoms with van der Waals surface area (Å²) in [7, 11) is 0. The highest BCUT2D eigenvalue weighted by atomic mass is 35.5. The maximum absolute atomic E-state index is 9.30. The molecule has 0 aromatic rings. The average Bonchev–Trinajstić information content (AvgIpc) is 2.02. The van der Waals surface area contributed by atoms with E-state index in [1.165, 1.54) is 0 Å². The second kappa shape index (κ2) is 5.94. The van der Waals surface area contributed by atoms with Crippen LogP contribution in [-0.2, 0) is 4.74 Å². The summed E-state index contributed by atoms with van der Waals surface area (Å²) in [6.07, 6.45) is 3.62. The summed E-state index contributed by atoms with van der Waals surface area (Å²) in [6, 6.07) is 0. The van der Waals surface area contributed by atoms with Gasteiger partial charge in [0.05, 0.1) is 12.2 Å². The van der Waals surface area contributed by atoms with Crippen molar-refractivity contribution in [2.75, 3.05) is 6.61 Å². The molecule has 0 aromatic heterocycles. The Balaban J connectivity index is 3.84. The predicted octanol–water partition coefficient (Wildman–Crippen LogP) is 3.31. The van der Waals surface area contributed by atoms with Crippen molar-refractivity contribution in [1.29, 1.82) is 0 Å². The predicted molar refractivity (Wildman–Crippen MR) is 60.6 cm³/mol. The van der Waals surface area contributed by atoms with Gasteiger partial charge in [0.1, 0.15) is 5.06 Å². The zero-order valence-corrected chi connectivity index (χ0v) is 10.5. The molecule has 0 radical (unpaired) electrons. The molecule has 3 heteroatoms. The third kappa shape index (κ3) is 6.63. The number of aliphatic hydroxyl groups is 1. The lowest BCUT2D eigenvalue weighted by Crippen LogP contribution is -2.30. The van der Waals surface area contributed by atoms with E-state index in [1.54, 1.807) is 6.92 Å². The van der Waals surface area contributed by atoms with E-state index in [-0.39, 0.29) is 5.60 Å². The molecule has 0 aliphatic heterocycles. The first kappa shape index (κ1) is 14.2. The van der Waals surface area contributed by atoms with Crippen LogP contribution in [0.5, 0.6) is 0 Å². The van der Waals surface area contributed by atoms with Crippen molar-refractivity contribution in [2.24, 2.45) is 0 Å². The highest BCUT2D eigenvalue weighted by molar-refractivity contribution is 6.22. The van der Waals surface area contributed by atoms with Gasteiger partial charge < -0.3 is 9.84 Å². The zero-order chi connectivity index (χ0) is 11.2. The first-order valence-corrected chi connectivity index (χ1v) is 5.76. The second-order valence-electron chi connectivity index (χ2n) is 4.29. The Labute approximate surface area is 92.6 Å². The van der Waals surface area contributed by atoms with Crippen LogP contribution in [0.3, 0.4) is 0 Å².